The molecule has 3 aliphatic rings. The molecule has 0 N–H and O–H groups in total. The van der Waals surface area contributed by atoms with Crippen LogP contribution in [-0.2, 0) is 79.8 Å². The molecule has 448 valence electrons. The molecular formula is C69H98O11Si2. The van der Waals surface area contributed by atoms with E-state index in [1.807, 2.05) is 42.5 Å². The zero-order chi connectivity index (χ0) is 58.0. The van der Waals surface area contributed by atoms with Crippen LogP contribution in [0.1, 0.15) is 116 Å². The van der Waals surface area contributed by atoms with E-state index in [1.54, 1.807) is 7.11 Å². The summed E-state index contributed by atoms with van der Waals surface area (Å²) in [7, 11) is -3.08. The Hall–Kier alpha value is -4.07. The van der Waals surface area contributed by atoms with E-state index in [1.165, 1.54) is 0 Å². The Kier molecular flexibility index (Phi) is 24.0. The molecule has 3 heterocycles. The molecule has 11 nitrogen and oxygen atoms in total. The fourth-order valence-corrected chi connectivity index (χ4v) is 18.5. The van der Waals surface area contributed by atoms with Gasteiger partial charge in [-0.3, -0.25) is 0 Å². The summed E-state index contributed by atoms with van der Waals surface area (Å²) in [6.07, 6.45) is -1.09. The fraction of sp³-hybridized carbons (Fsp3) is 0.565. The second-order valence-electron chi connectivity index (χ2n) is 23.8. The highest BCUT2D eigenvalue weighted by Crippen LogP contribution is 2.50. The van der Waals surface area contributed by atoms with Gasteiger partial charge in [-0.15, -0.1) is 0 Å². The average molecular weight is 1160 g/mol. The van der Waals surface area contributed by atoms with Crippen molar-refractivity contribution in [3.63, 3.8) is 0 Å². The lowest BCUT2D eigenvalue weighted by Crippen LogP contribution is -2.74. The van der Waals surface area contributed by atoms with Gasteiger partial charge in [0.1, 0.15) is 23.6 Å². The molecule has 0 radical (unpaired) electrons. The summed E-state index contributed by atoms with van der Waals surface area (Å²) in [5.41, 5.74) is 3.70. The Labute approximate surface area is 494 Å². The first-order valence-electron chi connectivity index (χ1n) is 31.0. The summed E-state index contributed by atoms with van der Waals surface area (Å²) in [5.74, 6) is 0.885. The van der Waals surface area contributed by atoms with Crippen LogP contribution in [0.4, 0.5) is 0 Å². The molecule has 13 heteroatoms. The van der Waals surface area contributed by atoms with Crippen molar-refractivity contribution in [3.05, 3.63) is 173 Å². The molecule has 5 aromatic carbocycles. The minimum absolute atomic E-state index is 0.0873. The molecule has 82 heavy (non-hydrogen) atoms. The quantitative estimate of drug-likeness (QED) is 0.0304. The number of hydrogen-bond acceptors (Lipinski definition) is 11. The molecule has 3 fully saturated rings. The van der Waals surface area contributed by atoms with E-state index in [-0.39, 0.29) is 24.2 Å². The van der Waals surface area contributed by atoms with Gasteiger partial charge in [-0.2, -0.15) is 0 Å². The topological polar surface area (TPSA) is 102 Å². The van der Waals surface area contributed by atoms with Crippen molar-refractivity contribution in [1.82, 2.24) is 0 Å². The van der Waals surface area contributed by atoms with Gasteiger partial charge in [-0.05, 0) is 102 Å². The first-order chi connectivity index (χ1) is 39.8. The molecule has 5 aromatic rings. The second-order valence-corrected chi connectivity index (χ2v) is 33.3. The average Bonchev–Trinajstić information content (AvgIpc) is 3.08. The van der Waals surface area contributed by atoms with E-state index < -0.39 is 64.5 Å². The maximum Gasteiger partial charge on any atom is 0.192 e. The van der Waals surface area contributed by atoms with Gasteiger partial charge in [-0.25, -0.2) is 0 Å². The van der Waals surface area contributed by atoms with E-state index in [9.17, 15) is 0 Å². The van der Waals surface area contributed by atoms with Crippen LogP contribution in [0.3, 0.4) is 0 Å². The summed E-state index contributed by atoms with van der Waals surface area (Å²) in [6.45, 7) is 23.9. The van der Waals surface area contributed by atoms with Gasteiger partial charge in [0.2, 0.25) is 0 Å². The molecule has 0 bridgehead atoms. The van der Waals surface area contributed by atoms with Crippen molar-refractivity contribution in [3.8, 4) is 5.75 Å². The van der Waals surface area contributed by atoms with Crippen LogP contribution >= 0.6 is 0 Å². The molecule has 0 unspecified atom stereocenters. The number of hydrogen-bond donors (Lipinski definition) is 0. The largest absolute Gasteiger partial charge is 0.497 e. The lowest BCUT2D eigenvalue weighted by Gasteiger charge is -2.61. The van der Waals surface area contributed by atoms with Crippen LogP contribution in [0.2, 0.25) is 36.3 Å². The third kappa shape index (κ3) is 16.5. The Balaban J connectivity index is 1.19. The van der Waals surface area contributed by atoms with Crippen LogP contribution in [0, 0.1) is 5.92 Å². The third-order valence-electron chi connectivity index (χ3n) is 18.6. The van der Waals surface area contributed by atoms with Gasteiger partial charge in [0.25, 0.3) is 0 Å². The van der Waals surface area contributed by atoms with Crippen molar-refractivity contribution >= 4 is 16.6 Å². The molecular weight excluding hydrogens is 1060 g/mol. The monoisotopic (exact) mass is 1160 g/mol. The lowest BCUT2D eigenvalue weighted by atomic mass is 9.74. The van der Waals surface area contributed by atoms with Gasteiger partial charge < -0.3 is 51.5 Å². The Morgan fingerprint density at radius 3 is 1.52 bits per heavy atom. The van der Waals surface area contributed by atoms with E-state index >= 15 is 0 Å². The number of rotatable bonds is 32. The number of benzene rings is 5. The van der Waals surface area contributed by atoms with Gasteiger partial charge in [0.05, 0.1) is 95.1 Å². The number of ether oxygens (including phenoxy) is 9. The molecule has 3 aliphatic heterocycles. The summed E-state index contributed by atoms with van der Waals surface area (Å²) >= 11 is 0. The SMILES string of the molecule is CC[Si](CC)(CC)O[C@@H]1[C@@H](C[C@]2(C)O[C@H](COCc3ccccc3)[C@@H](OCc3ccccc3)C[C@H]2OCc2ccc(OC)cc2)O[C@H]2C[C@@H](OCc3ccccc3)[C@H]([C@@H](C)CCOCc3ccccc3)O[C@]2(C)[C@H]1O[Si](CC)(CC)CC. The van der Waals surface area contributed by atoms with Crippen LogP contribution < -0.4 is 4.74 Å². The molecule has 0 spiro atoms. The summed E-state index contributed by atoms with van der Waals surface area (Å²) in [6, 6.07) is 55.5. The lowest BCUT2D eigenvalue weighted by molar-refractivity contribution is -0.337. The van der Waals surface area contributed by atoms with Crippen molar-refractivity contribution in [2.24, 2.45) is 5.92 Å². The van der Waals surface area contributed by atoms with Crippen molar-refractivity contribution in [2.75, 3.05) is 20.3 Å². The zero-order valence-electron chi connectivity index (χ0n) is 51.1. The van der Waals surface area contributed by atoms with Crippen LogP contribution in [0.5, 0.6) is 5.75 Å². The predicted octanol–water partition coefficient (Wildman–Crippen LogP) is 15.2. The number of methoxy groups -OCH3 is 1. The van der Waals surface area contributed by atoms with E-state index in [2.05, 4.69) is 165 Å². The zero-order valence-corrected chi connectivity index (χ0v) is 53.1. The molecule has 0 aliphatic carbocycles. The van der Waals surface area contributed by atoms with Crippen LogP contribution in [0.25, 0.3) is 0 Å². The maximum absolute atomic E-state index is 8.09. The Morgan fingerprint density at radius 2 is 1.00 bits per heavy atom. The van der Waals surface area contributed by atoms with Crippen LogP contribution in [-0.4, -0.2) is 103 Å². The Bertz CT molecular complexity index is 2560. The summed E-state index contributed by atoms with van der Waals surface area (Å²) in [4.78, 5) is 0. The highest BCUT2D eigenvalue weighted by Gasteiger charge is 2.64. The van der Waals surface area contributed by atoms with Crippen LogP contribution in [0.15, 0.2) is 146 Å². The van der Waals surface area contributed by atoms with E-state index in [0.29, 0.717) is 65.5 Å². The minimum atomic E-state index is -2.39. The van der Waals surface area contributed by atoms with Crippen molar-refractivity contribution in [2.45, 2.75) is 223 Å². The first kappa shape index (κ1) is 63.9. The maximum atomic E-state index is 8.09. The van der Waals surface area contributed by atoms with E-state index in [0.717, 1.165) is 76.3 Å². The molecule has 12 atom stereocenters. The number of fused-ring (bicyclic) bond motifs is 1. The smallest absolute Gasteiger partial charge is 0.192 e. The highest BCUT2D eigenvalue weighted by atomic mass is 28.4. The first-order valence-corrected chi connectivity index (χ1v) is 36.0. The molecule has 8 rings (SSSR count). The molecule has 0 amide bonds. The third-order valence-corrected chi connectivity index (χ3v) is 27.9. The van der Waals surface area contributed by atoms with Gasteiger partial charge in [0, 0.05) is 25.9 Å². The summed E-state index contributed by atoms with van der Waals surface area (Å²) in [5, 5.41) is 0. The van der Waals surface area contributed by atoms with E-state index in [4.69, 9.17) is 51.5 Å². The second kappa shape index (κ2) is 30.8. The minimum Gasteiger partial charge on any atom is -0.497 e. The highest BCUT2D eigenvalue weighted by molar-refractivity contribution is 6.74. The summed E-state index contributed by atoms with van der Waals surface area (Å²) < 4.78 is 79.4. The normalized spacial score (nSPS) is 27.2. The predicted molar refractivity (Wildman–Crippen MR) is 331 cm³/mol. The molecule has 0 aromatic heterocycles. The van der Waals surface area contributed by atoms with Crippen molar-refractivity contribution in [1.29, 1.82) is 0 Å². The molecule has 3 saturated heterocycles. The Morgan fingerprint density at radius 1 is 0.524 bits per heavy atom. The van der Waals surface area contributed by atoms with Gasteiger partial charge in [0.15, 0.2) is 16.6 Å². The fourth-order valence-electron chi connectivity index (χ4n) is 12.8. The molecule has 0 saturated carbocycles. The van der Waals surface area contributed by atoms with Gasteiger partial charge in [-0.1, -0.05) is 182 Å². The van der Waals surface area contributed by atoms with Gasteiger partial charge >= 0.3 is 0 Å². The van der Waals surface area contributed by atoms with Crippen molar-refractivity contribution < 1.29 is 51.5 Å². The standard InChI is InChI=1S/C69H98O11Si2/c1-11-81(12-2,13-3)79-66-61(45-68(8)63(75-50-57-37-39-58(70-10)40-38-57)43-59(73-48-55-33-25-19-26-34-55)62(77-68)51-72-47-54-31-23-18-24-32-54)76-64-44-60(74-49-56-35-27-20-28-36-56)65(52(7)41-42-71-46-53-29-21-17-22-30-53)78-69(64,9)67(66)80-82(14-4,15-5)16-6/h17-40,52,59-67H,11-16,41-51H2,1-10H3/t52-,59-,60+,61+,62+,63+,64-,65-,66+,67-,68-,69-/m0/s1.